The summed E-state index contributed by atoms with van der Waals surface area (Å²) in [7, 11) is 0. The average Bonchev–Trinajstić information content (AvgIpc) is 2.49. The number of hydrogen-bond acceptors (Lipinski definition) is 1. The van der Waals surface area contributed by atoms with E-state index in [1.54, 1.807) is 6.07 Å². The van der Waals surface area contributed by atoms with Crippen LogP contribution in [0.4, 0.5) is 4.39 Å². The minimum Gasteiger partial charge on any atom is -0.348 e. The van der Waals surface area contributed by atoms with Gasteiger partial charge in [-0.2, -0.15) is 0 Å². The summed E-state index contributed by atoms with van der Waals surface area (Å²) in [6, 6.07) is 3.10. The maximum atomic E-state index is 13.2. The van der Waals surface area contributed by atoms with Crippen LogP contribution in [0, 0.1) is 5.82 Å². The zero-order valence-corrected chi connectivity index (χ0v) is 7.36. The first-order valence-corrected chi connectivity index (χ1v) is 4.32. The van der Waals surface area contributed by atoms with Crippen LogP contribution in [0.2, 0.25) is 0 Å². The van der Waals surface area contributed by atoms with E-state index in [4.69, 9.17) is 0 Å². The Balaban J connectivity index is 2.67. The molecule has 0 bridgehead atoms. The van der Waals surface area contributed by atoms with Gasteiger partial charge in [-0.15, -0.1) is 0 Å². The normalized spacial score (nSPS) is 14.2. The third-order valence-electron chi connectivity index (χ3n) is 2.36. The van der Waals surface area contributed by atoms with E-state index in [0.29, 0.717) is 24.1 Å². The fourth-order valence-corrected chi connectivity index (χ4v) is 1.71. The summed E-state index contributed by atoms with van der Waals surface area (Å²) in [5.74, 6) is -0.426. The summed E-state index contributed by atoms with van der Waals surface area (Å²) < 4.78 is 13.2. The summed E-state index contributed by atoms with van der Waals surface area (Å²) in [5.41, 5.74) is 1.98. The lowest BCUT2D eigenvalue weighted by Gasteiger charge is -2.04. The number of benzene rings is 1. The summed E-state index contributed by atoms with van der Waals surface area (Å²) in [5, 5.41) is 2.68. The van der Waals surface area contributed by atoms with E-state index in [2.05, 4.69) is 5.32 Å². The molecule has 0 saturated carbocycles. The minimum atomic E-state index is -0.279. The highest BCUT2D eigenvalue weighted by molar-refractivity contribution is 5.99. The maximum absolute atomic E-state index is 13.2. The maximum Gasteiger partial charge on any atom is 0.252 e. The van der Waals surface area contributed by atoms with Gasteiger partial charge in [-0.1, -0.05) is 13.0 Å². The number of halogens is 1. The second-order valence-electron chi connectivity index (χ2n) is 3.10. The molecule has 0 radical (unpaired) electrons. The smallest absolute Gasteiger partial charge is 0.252 e. The molecule has 0 saturated heterocycles. The molecule has 0 fully saturated rings. The van der Waals surface area contributed by atoms with Gasteiger partial charge in [-0.25, -0.2) is 4.39 Å². The van der Waals surface area contributed by atoms with E-state index >= 15 is 0 Å². The molecule has 0 atom stereocenters. The second-order valence-corrected chi connectivity index (χ2v) is 3.10. The van der Waals surface area contributed by atoms with Gasteiger partial charge >= 0.3 is 0 Å². The molecule has 1 aliphatic heterocycles. The summed E-state index contributed by atoms with van der Waals surface area (Å²) in [4.78, 5) is 11.3. The predicted molar refractivity (Wildman–Crippen MR) is 46.9 cm³/mol. The van der Waals surface area contributed by atoms with E-state index < -0.39 is 0 Å². The van der Waals surface area contributed by atoms with Crippen LogP contribution in [-0.4, -0.2) is 5.91 Å². The molecule has 2 rings (SSSR count). The van der Waals surface area contributed by atoms with E-state index in [-0.39, 0.29) is 11.7 Å². The number of carbonyl (C=O) groups excluding carboxylic acids is 1. The molecular weight excluding hydrogens is 169 g/mol. The van der Waals surface area contributed by atoms with Gasteiger partial charge in [0.2, 0.25) is 0 Å². The molecule has 0 unspecified atom stereocenters. The molecule has 0 spiro atoms. The Kier molecular flexibility index (Phi) is 1.79. The number of rotatable bonds is 1. The number of hydrogen-bond donors (Lipinski definition) is 1. The number of fused-ring (bicyclic) bond motifs is 1. The highest BCUT2D eigenvalue weighted by Gasteiger charge is 2.23. The van der Waals surface area contributed by atoms with E-state index in [0.717, 1.165) is 5.56 Å². The molecule has 13 heavy (non-hydrogen) atoms. The molecule has 1 aromatic carbocycles. The van der Waals surface area contributed by atoms with Crippen LogP contribution in [0.15, 0.2) is 12.1 Å². The minimum absolute atomic E-state index is 0.147. The quantitative estimate of drug-likeness (QED) is 0.697. The van der Waals surface area contributed by atoms with Crippen molar-refractivity contribution in [3.63, 3.8) is 0 Å². The third kappa shape index (κ3) is 1.11. The van der Waals surface area contributed by atoms with Crippen molar-refractivity contribution < 1.29 is 9.18 Å². The highest BCUT2D eigenvalue weighted by Crippen LogP contribution is 2.22. The van der Waals surface area contributed by atoms with Gasteiger partial charge in [0.05, 0.1) is 5.56 Å². The Bertz CT molecular complexity index is 373. The molecule has 1 aliphatic rings. The first-order chi connectivity index (χ1) is 6.24. The fourth-order valence-electron chi connectivity index (χ4n) is 1.71. The monoisotopic (exact) mass is 179 g/mol. The number of nitrogens with one attached hydrogen (secondary N) is 1. The van der Waals surface area contributed by atoms with Crippen molar-refractivity contribution in [3.05, 3.63) is 34.6 Å². The van der Waals surface area contributed by atoms with Gasteiger partial charge in [0.1, 0.15) is 5.82 Å². The molecule has 68 valence electrons. The van der Waals surface area contributed by atoms with Crippen molar-refractivity contribution in [1.82, 2.24) is 5.32 Å². The lowest BCUT2D eigenvalue weighted by atomic mass is 10.0. The van der Waals surface area contributed by atoms with Gasteiger partial charge in [-0.05, 0) is 18.1 Å². The van der Waals surface area contributed by atoms with Crippen LogP contribution < -0.4 is 5.32 Å². The molecule has 2 nitrogen and oxygen atoms in total. The second kappa shape index (κ2) is 2.83. The Morgan fingerprint density at radius 3 is 3.00 bits per heavy atom. The van der Waals surface area contributed by atoms with E-state index in [1.165, 1.54) is 6.07 Å². The third-order valence-corrected chi connectivity index (χ3v) is 2.36. The zero-order valence-electron chi connectivity index (χ0n) is 7.36. The molecule has 1 amide bonds. The van der Waals surface area contributed by atoms with Crippen LogP contribution >= 0.6 is 0 Å². The Morgan fingerprint density at radius 1 is 1.54 bits per heavy atom. The van der Waals surface area contributed by atoms with Gasteiger partial charge in [0.25, 0.3) is 5.91 Å². The van der Waals surface area contributed by atoms with Crippen molar-refractivity contribution in [2.75, 3.05) is 0 Å². The summed E-state index contributed by atoms with van der Waals surface area (Å²) in [6.45, 7) is 2.38. The standard InChI is InChI=1S/C10H10FNO/c1-2-7-8(11)4-3-6-5-12-10(13)9(6)7/h3-4H,2,5H2,1H3,(H,12,13). The Morgan fingerprint density at radius 2 is 2.31 bits per heavy atom. The van der Waals surface area contributed by atoms with Gasteiger partial charge in [0.15, 0.2) is 0 Å². The first-order valence-electron chi connectivity index (χ1n) is 4.32. The van der Waals surface area contributed by atoms with E-state index in [1.807, 2.05) is 6.92 Å². The topological polar surface area (TPSA) is 29.1 Å². The lowest BCUT2D eigenvalue weighted by molar-refractivity contribution is 0.0964. The van der Waals surface area contributed by atoms with E-state index in [9.17, 15) is 9.18 Å². The van der Waals surface area contributed by atoms with Gasteiger partial charge in [-0.3, -0.25) is 4.79 Å². The average molecular weight is 179 g/mol. The van der Waals surface area contributed by atoms with Crippen LogP contribution in [-0.2, 0) is 13.0 Å². The SMILES string of the molecule is CCc1c(F)ccc2c1C(=O)NC2. The molecule has 1 N–H and O–H groups in total. The van der Waals surface area contributed by atoms with Crippen molar-refractivity contribution >= 4 is 5.91 Å². The van der Waals surface area contributed by atoms with Gasteiger partial charge < -0.3 is 5.32 Å². The largest absolute Gasteiger partial charge is 0.348 e. The molecule has 0 aliphatic carbocycles. The fraction of sp³-hybridized carbons (Fsp3) is 0.300. The number of amides is 1. The summed E-state index contributed by atoms with van der Waals surface area (Å²) in [6.07, 6.45) is 0.558. The van der Waals surface area contributed by atoms with Crippen molar-refractivity contribution in [1.29, 1.82) is 0 Å². The lowest BCUT2D eigenvalue weighted by Crippen LogP contribution is -2.14. The van der Waals surface area contributed by atoms with Crippen molar-refractivity contribution in [3.8, 4) is 0 Å². The van der Waals surface area contributed by atoms with Crippen LogP contribution in [0.25, 0.3) is 0 Å². The Labute approximate surface area is 75.8 Å². The predicted octanol–water partition coefficient (Wildman–Crippen LogP) is 1.63. The summed E-state index contributed by atoms with van der Waals surface area (Å²) >= 11 is 0. The van der Waals surface area contributed by atoms with Crippen molar-refractivity contribution in [2.24, 2.45) is 0 Å². The van der Waals surface area contributed by atoms with Crippen LogP contribution in [0.3, 0.4) is 0 Å². The molecule has 3 heteroatoms. The highest BCUT2D eigenvalue weighted by atomic mass is 19.1. The molecule has 1 heterocycles. The Hall–Kier alpha value is -1.38. The van der Waals surface area contributed by atoms with Crippen molar-refractivity contribution in [2.45, 2.75) is 19.9 Å². The molecule has 1 aromatic rings. The zero-order chi connectivity index (χ0) is 9.42. The van der Waals surface area contributed by atoms with Crippen LogP contribution in [0.5, 0.6) is 0 Å². The van der Waals surface area contributed by atoms with Crippen LogP contribution in [0.1, 0.15) is 28.4 Å². The first kappa shape index (κ1) is 8.23. The molecular formula is C10H10FNO. The molecule has 0 aromatic heterocycles. The number of carbonyl (C=O) groups is 1. The van der Waals surface area contributed by atoms with Gasteiger partial charge in [0, 0.05) is 12.1 Å².